The van der Waals surface area contributed by atoms with Gasteiger partial charge in [0.05, 0.1) is 19.7 Å². The quantitative estimate of drug-likeness (QED) is 0.757. The first-order chi connectivity index (χ1) is 8.72. The summed E-state index contributed by atoms with van der Waals surface area (Å²) in [7, 11) is 3.29. The summed E-state index contributed by atoms with van der Waals surface area (Å²) >= 11 is 6.11. The predicted octanol–water partition coefficient (Wildman–Crippen LogP) is 3.99. The van der Waals surface area contributed by atoms with E-state index in [0.29, 0.717) is 5.02 Å². The molecule has 0 saturated carbocycles. The van der Waals surface area contributed by atoms with Crippen molar-refractivity contribution in [2.75, 3.05) is 14.2 Å². The molecule has 1 heterocycles. The van der Waals surface area contributed by atoms with Gasteiger partial charge in [-0.2, -0.15) is 0 Å². The molecule has 0 aliphatic heterocycles. The highest BCUT2D eigenvalue weighted by Crippen LogP contribution is 2.35. The van der Waals surface area contributed by atoms with Crippen molar-refractivity contribution in [1.29, 1.82) is 0 Å². The Hall–Kier alpha value is -1.87. The average molecular weight is 262 g/mol. The van der Waals surface area contributed by atoms with E-state index in [2.05, 4.69) is 4.98 Å². The van der Waals surface area contributed by atoms with Crippen LogP contribution in [0.4, 0.5) is 0 Å². The van der Waals surface area contributed by atoms with E-state index < -0.39 is 0 Å². The first-order valence-corrected chi connectivity index (χ1v) is 5.93. The maximum Gasteiger partial charge on any atom is 0.144 e. The van der Waals surface area contributed by atoms with Crippen LogP contribution in [0.1, 0.15) is 0 Å². The Balaban J connectivity index is 2.44. The molecule has 0 unspecified atom stereocenters. The van der Waals surface area contributed by atoms with Crippen LogP contribution in [0.3, 0.4) is 0 Å². The van der Waals surface area contributed by atoms with E-state index in [4.69, 9.17) is 21.1 Å². The number of hydrogen-bond acceptors (Lipinski definition) is 2. The number of aromatic nitrogens is 1. The number of rotatable bonds is 2. The van der Waals surface area contributed by atoms with Crippen LogP contribution in [0.2, 0.25) is 5.02 Å². The van der Waals surface area contributed by atoms with Gasteiger partial charge in [-0.05, 0) is 24.3 Å². The molecule has 0 atom stereocenters. The lowest BCUT2D eigenvalue weighted by Crippen LogP contribution is -1.84. The third-order valence-corrected chi connectivity index (χ3v) is 3.28. The third kappa shape index (κ3) is 1.59. The Labute approximate surface area is 109 Å². The number of H-pyrrole nitrogens is 1. The Morgan fingerprint density at radius 1 is 1.00 bits per heavy atom. The number of halogens is 1. The van der Waals surface area contributed by atoms with Gasteiger partial charge >= 0.3 is 0 Å². The van der Waals surface area contributed by atoms with Crippen molar-refractivity contribution in [3.63, 3.8) is 0 Å². The van der Waals surface area contributed by atoms with Gasteiger partial charge in [-0.1, -0.05) is 11.6 Å². The van der Waals surface area contributed by atoms with Gasteiger partial charge < -0.3 is 14.5 Å². The highest BCUT2D eigenvalue weighted by molar-refractivity contribution is 6.32. The topological polar surface area (TPSA) is 34.2 Å². The fourth-order valence-electron chi connectivity index (χ4n) is 2.20. The standard InChI is InChI=1S/C14H12ClNO2/c1-17-9-3-4-12-10(7-9)11-5-8(15)6-13(18-2)14(11)16-12/h3-7,16H,1-2H3. The summed E-state index contributed by atoms with van der Waals surface area (Å²) in [4.78, 5) is 3.34. The minimum atomic E-state index is 0.656. The average Bonchev–Trinajstić information content (AvgIpc) is 2.75. The molecule has 4 heteroatoms. The zero-order chi connectivity index (χ0) is 12.7. The molecule has 3 aromatic rings. The van der Waals surface area contributed by atoms with Crippen molar-refractivity contribution in [1.82, 2.24) is 4.98 Å². The molecule has 0 radical (unpaired) electrons. The third-order valence-electron chi connectivity index (χ3n) is 3.06. The maximum atomic E-state index is 6.11. The molecule has 0 amide bonds. The van der Waals surface area contributed by atoms with Gasteiger partial charge in [0.2, 0.25) is 0 Å². The van der Waals surface area contributed by atoms with Gasteiger partial charge in [-0.3, -0.25) is 0 Å². The molecule has 0 bridgehead atoms. The Bertz CT molecular complexity index is 733. The lowest BCUT2D eigenvalue weighted by molar-refractivity contribution is 0.415. The van der Waals surface area contributed by atoms with Crippen LogP contribution >= 0.6 is 11.6 Å². The number of methoxy groups -OCH3 is 2. The summed E-state index contributed by atoms with van der Waals surface area (Å²) in [6.45, 7) is 0. The van der Waals surface area contributed by atoms with E-state index >= 15 is 0 Å². The second-order valence-electron chi connectivity index (χ2n) is 4.07. The fraction of sp³-hybridized carbons (Fsp3) is 0.143. The zero-order valence-corrected chi connectivity index (χ0v) is 10.8. The van der Waals surface area contributed by atoms with Crippen LogP contribution in [0.5, 0.6) is 11.5 Å². The number of fused-ring (bicyclic) bond motifs is 3. The Kier molecular flexibility index (Phi) is 2.56. The molecular weight excluding hydrogens is 250 g/mol. The van der Waals surface area contributed by atoms with E-state index in [0.717, 1.165) is 33.3 Å². The molecule has 0 saturated heterocycles. The van der Waals surface area contributed by atoms with Crippen LogP contribution in [-0.2, 0) is 0 Å². The minimum Gasteiger partial charge on any atom is -0.497 e. The largest absolute Gasteiger partial charge is 0.497 e. The van der Waals surface area contributed by atoms with Crippen LogP contribution in [0, 0.1) is 0 Å². The summed E-state index contributed by atoms with van der Waals surface area (Å²) in [5.74, 6) is 1.56. The molecule has 3 nitrogen and oxygen atoms in total. The van der Waals surface area contributed by atoms with E-state index in [1.807, 2.05) is 24.3 Å². The molecular formula is C14H12ClNO2. The van der Waals surface area contributed by atoms with Gasteiger partial charge in [0.1, 0.15) is 11.5 Å². The molecule has 1 aromatic heterocycles. The summed E-state index contributed by atoms with van der Waals surface area (Å²) in [5.41, 5.74) is 1.98. The van der Waals surface area contributed by atoms with E-state index in [-0.39, 0.29) is 0 Å². The van der Waals surface area contributed by atoms with Gasteiger partial charge in [-0.25, -0.2) is 0 Å². The Morgan fingerprint density at radius 3 is 2.56 bits per heavy atom. The number of ether oxygens (including phenoxy) is 2. The van der Waals surface area contributed by atoms with Crippen molar-refractivity contribution >= 4 is 33.4 Å². The monoisotopic (exact) mass is 261 g/mol. The zero-order valence-electron chi connectivity index (χ0n) is 10.1. The van der Waals surface area contributed by atoms with Crippen molar-refractivity contribution in [3.05, 3.63) is 35.4 Å². The molecule has 92 valence electrons. The second kappa shape index (κ2) is 4.10. The molecule has 0 aliphatic carbocycles. The van der Waals surface area contributed by atoms with E-state index in [1.54, 1.807) is 20.3 Å². The highest BCUT2D eigenvalue weighted by Gasteiger charge is 2.10. The molecule has 0 fully saturated rings. The van der Waals surface area contributed by atoms with Crippen molar-refractivity contribution < 1.29 is 9.47 Å². The molecule has 0 aliphatic rings. The van der Waals surface area contributed by atoms with Crippen molar-refractivity contribution in [3.8, 4) is 11.5 Å². The maximum absolute atomic E-state index is 6.11. The van der Waals surface area contributed by atoms with Crippen LogP contribution in [0.25, 0.3) is 21.8 Å². The summed E-state index contributed by atoms with van der Waals surface area (Å²) < 4.78 is 10.6. The Morgan fingerprint density at radius 2 is 1.83 bits per heavy atom. The fourth-order valence-corrected chi connectivity index (χ4v) is 2.41. The number of benzene rings is 2. The van der Waals surface area contributed by atoms with Crippen molar-refractivity contribution in [2.45, 2.75) is 0 Å². The molecule has 2 aromatic carbocycles. The smallest absolute Gasteiger partial charge is 0.144 e. The normalized spacial score (nSPS) is 11.1. The van der Waals surface area contributed by atoms with Gasteiger partial charge in [0.15, 0.2) is 0 Å². The van der Waals surface area contributed by atoms with E-state index in [1.165, 1.54) is 0 Å². The summed E-state index contributed by atoms with van der Waals surface area (Å²) in [5, 5.41) is 2.77. The van der Waals surface area contributed by atoms with Crippen molar-refractivity contribution in [2.24, 2.45) is 0 Å². The summed E-state index contributed by atoms with van der Waals surface area (Å²) in [6, 6.07) is 9.63. The lowest BCUT2D eigenvalue weighted by atomic mass is 10.1. The van der Waals surface area contributed by atoms with E-state index in [9.17, 15) is 0 Å². The lowest BCUT2D eigenvalue weighted by Gasteiger charge is -2.02. The first-order valence-electron chi connectivity index (χ1n) is 5.56. The molecule has 0 spiro atoms. The van der Waals surface area contributed by atoms with Crippen LogP contribution < -0.4 is 9.47 Å². The second-order valence-corrected chi connectivity index (χ2v) is 4.50. The van der Waals surface area contributed by atoms with Gasteiger partial charge in [0.25, 0.3) is 0 Å². The highest BCUT2D eigenvalue weighted by atomic mass is 35.5. The van der Waals surface area contributed by atoms with Crippen LogP contribution in [-0.4, -0.2) is 19.2 Å². The number of aromatic amines is 1. The number of nitrogens with one attached hydrogen (secondary N) is 1. The molecule has 18 heavy (non-hydrogen) atoms. The number of hydrogen-bond donors (Lipinski definition) is 1. The predicted molar refractivity (Wildman–Crippen MR) is 73.9 cm³/mol. The SMILES string of the molecule is COc1ccc2[nH]c3c(OC)cc(Cl)cc3c2c1. The van der Waals surface area contributed by atoms with Gasteiger partial charge in [-0.15, -0.1) is 0 Å². The molecule has 1 N–H and O–H groups in total. The van der Waals surface area contributed by atoms with Gasteiger partial charge in [0, 0.05) is 27.4 Å². The van der Waals surface area contributed by atoms with Crippen LogP contribution in [0.15, 0.2) is 30.3 Å². The summed E-state index contributed by atoms with van der Waals surface area (Å²) in [6.07, 6.45) is 0. The first kappa shape index (κ1) is 11.2. The minimum absolute atomic E-state index is 0.656. The molecule has 3 rings (SSSR count).